The Kier molecular flexibility index (Phi) is 5.93. The Labute approximate surface area is 182 Å². The van der Waals surface area contributed by atoms with Gasteiger partial charge in [-0.2, -0.15) is 21.6 Å². The van der Waals surface area contributed by atoms with Gasteiger partial charge in [-0.1, -0.05) is 29.8 Å². The van der Waals surface area contributed by atoms with Gasteiger partial charge in [-0.25, -0.2) is 4.98 Å². The molecular formula is C22H20F3NO3S2. The molecule has 164 valence electrons. The first kappa shape index (κ1) is 22.0. The minimum Gasteiger partial charge on any atom is -0.266 e. The molecule has 2 aromatic carbocycles. The van der Waals surface area contributed by atoms with Gasteiger partial charge in [-0.05, 0) is 50.5 Å². The predicted octanol–water partition coefficient (Wildman–Crippen LogP) is 5.96. The molecule has 1 aliphatic rings. The Bertz CT molecular complexity index is 1170. The first-order valence-corrected chi connectivity index (χ1v) is 12.0. The van der Waals surface area contributed by atoms with E-state index in [4.69, 9.17) is 4.18 Å². The van der Waals surface area contributed by atoms with E-state index in [0.717, 1.165) is 47.5 Å². The first-order chi connectivity index (χ1) is 14.6. The van der Waals surface area contributed by atoms with Crippen LogP contribution in [-0.2, 0) is 26.9 Å². The van der Waals surface area contributed by atoms with Crippen molar-refractivity contribution in [2.45, 2.75) is 43.2 Å². The molecule has 1 heterocycles. The van der Waals surface area contributed by atoms with Gasteiger partial charge in [0.15, 0.2) is 0 Å². The lowest BCUT2D eigenvalue weighted by Gasteiger charge is -2.20. The highest BCUT2D eigenvalue weighted by Crippen LogP contribution is 2.39. The third-order valence-electron chi connectivity index (χ3n) is 5.26. The first-order valence-electron chi connectivity index (χ1n) is 9.77. The summed E-state index contributed by atoms with van der Waals surface area (Å²) in [5.41, 5.74) is 1.64. The summed E-state index contributed by atoms with van der Waals surface area (Å²) in [6.45, 7) is 1.86. The van der Waals surface area contributed by atoms with Gasteiger partial charge in [0.25, 0.3) is 10.1 Å². The third-order valence-corrected chi connectivity index (χ3v) is 7.74. The second kappa shape index (κ2) is 8.37. The van der Waals surface area contributed by atoms with Crippen LogP contribution in [0.2, 0.25) is 0 Å². The minimum atomic E-state index is -4.38. The summed E-state index contributed by atoms with van der Waals surface area (Å²) in [4.78, 5) is 5.78. The highest BCUT2D eigenvalue weighted by atomic mass is 32.2. The van der Waals surface area contributed by atoms with E-state index in [1.165, 1.54) is 35.6 Å². The number of hydrogen-bond acceptors (Lipinski definition) is 5. The number of thiazole rings is 1. The van der Waals surface area contributed by atoms with E-state index < -0.39 is 21.9 Å². The predicted molar refractivity (Wildman–Crippen MR) is 113 cm³/mol. The van der Waals surface area contributed by atoms with Crippen molar-refractivity contribution in [3.8, 4) is 10.6 Å². The molecule has 0 aliphatic heterocycles. The van der Waals surface area contributed by atoms with Crippen LogP contribution >= 0.6 is 11.3 Å². The maximum Gasteiger partial charge on any atom is 0.416 e. The molecule has 0 spiro atoms. The largest absolute Gasteiger partial charge is 0.416 e. The van der Waals surface area contributed by atoms with Crippen molar-refractivity contribution in [1.29, 1.82) is 0 Å². The number of fused-ring (bicyclic) bond motifs is 1. The fraction of sp³-hybridized carbons (Fsp3) is 0.318. The highest BCUT2D eigenvalue weighted by molar-refractivity contribution is 7.86. The monoisotopic (exact) mass is 467 g/mol. The fourth-order valence-corrected chi connectivity index (χ4v) is 5.68. The molecule has 0 saturated carbocycles. The minimum absolute atomic E-state index is 0.0145. The third kappa shape index (κ3) is 4.83. The van der Waals surface area contributed by atoms with Crippen LogP contribution in [0.15, 0.2) is 53.4 Å². The Hall–Kier alpha value is -2.23. The van der Waals surface area contributed by atoms with Crippen molar-refractivity contribution >= 4 is 21.5 Å². The van der Waals surface area contributed by atoms with Crippen LogP contribution < -0.4 is 0 Å². The van der Waals surface area contributed by atoms with Gasteiger partial charge in [0.1, 0.15) is 5.01 Å². The number of nitrogens with zero attached hydrogens (tertiary/aromatic N) is 1. The number of hydrogen-bond donors (Lipinski definition) is 0. The second-order valence-electron chi connectivity index (χ2n) is 7.54. The van der Waals surface area contributed by atoms with Crippen LogP contribution in [-0.4, -0.2) is 20.0 Å². The average molecular weight is 468 g/mol. The second-order valence-corrected chi connectivity index (χ2v) is 10.2. The Morgan fingerprint density at radius 3 is 2.42 bits per heavy atom. The summed E-state index contributed by atoms with van der Waals surface area (Å²) < 4.78 is 68.8. The molecule has 1 aromatic heterocycles. The maximum absolute atomic E-state index is 12.8. The Morgan fingerprint density at radius 1 is 1.10 bits per heavy atom. The lowest BCUT2D eigenvalue weighted by atomic mass is 9.92. The van der Waals surface area contributed by atoms with E-state index >= 15 is 0 Å². The summed E-state index contributed by atoms with van der Waals surface area (Å²) in [6, 6.07) is 11.4. The van der Waals surface area contributed by atoms with Gasteiger partial charge in [-0.15, -0.1) is 11.3 Å². The molecule has 3 aromatic rings. The summed E-state index contributed by atoms with van der Waals surface area (Å²) in [6.07, 6.45) is -1.95. The summed E-state index contributed by atoms with van der Waals surface area (Å²) in [5, 5.41) is 0.631. The zero-order chi connectivity index (χ0) is 22.2. The molecule has 0 saturated heterocycles. The molecule has 0 fully saturated rings. The van der Waals surface area contributed by atoms with Gasteiger partial charge < -0.3 is 0 Å². The van der Waals surface area contributed by atoms with Crippen molar-refractivity contribution < 1.29 is 25.8 Å². The van der Waals surface area contributed by atoms with Gasteiger partial charge in [0.2, 0.25) is 0 Å². The molecular weight excluding hydrogens is 447 g/mol. The van der Waals surface area contributed by atoms with Gasteiger partial charge in [0.05, 0.1) is 22.8 Å². The average Bonchev–Trinajstić information content (AvgIpc) is 3.17. The molecule has 31 heavy (non-hydrogen) atoms. The maximum atomic E-state index is 12.8. The van der Waals surface area contributed by atoms with Crippen molar-refractivity contribution in [3.63, 3.8) is 0 Å². The number of halogens is 3. The van der Waals surface area contributed by atoms with E-state index in [1.54, 1.807) is 12.1 Å². The van der Waals surface area contributed by atoms with Crippen LogP contribution in [0.1, 0.15) is 40.5 Å². The van der Waals surface area contributed by atoms with Crippen LogP contribution in [0.25, 0.3) is 10.6 Å². The van der Waals surface area contributed by atoms with Crippen molar-refractivity contribution in [2.24, 2.45) is 0 Å². The van der Waals surface area contributed by atoms with Crippen molar-refractivity contribution in [3.05, 3.63) is 70.2 Å². The van der Waals surface area contributed by atoms with Gasteiger partial charge in [-0.3, -0.25) is 4.18 Å². The van der Waals surface area contributed by atoms with Gasteiger partial charge >= 0.3 is 6.18 Å². The van der Waals surface area contributed by atoms with Crippen LogP contribution in [0, 0.1) is 6.92 Å². The van der Waals surface area contributed by atoms with E-state index in [0.29, 0.717) is 10.6 Å². The molecule has 0 radical (unpaired) electrons. The molecule has 1 atom stereocenters. The van der Waals surface area contributed by atoms with Crippen molar-refractivity contribution in [2.75, 3.05) is 6.61 Å². The number of alkyl halides is 3. The van der Waals surface area contributed by atoms with Crippen LogP contribution in [0.4, 0.5) is 13.2 Å². The van der Waals surface area contributed by atoms with E-state index in [-0.39, 0.29) is 17.4 Å². The smallest absolute Gasteiger partial charge is 0.266 e. The molecule has 0 bridgehead atoms. The summed E-state index contributed by atoms with van der Waals surface area (Å²) in [7, 11) is -3.87. The lowest BCUT2D eigenvalue weighted by molar-refractivity contribution is -0.137. The standard InChI is InChI=1S/C22H20F3NO3S2/c1-14-5-11-18(12-6-14)31(27,28)29-13-16-3-2-4-19-20(16)26-21(30-19)15-7-9-17(10-8-15)22(23,24)25/h5-12,16H,2-4,13H2,1H3. The quantitative estimate of drug-likeness (QED) is 0.434. The zero-order valence-corrected chi connectivity index (χ0v) is 18.3. The van der Waals surface area contributed by atoms with E-state index in [1.807, 2.05) is 6.92 Å². The SMILES string of the molecule is Cc1ccc(S(=O)(=O)OCC2CCCc3sc(-c4ccc(C(F)(F)F)cc4)nc32)cc1. The molecule has 4 rings (SSSR count). The number of benzene rings is 2. The molecule has 9 heteroatoms. The number of rotatable bonds is 5. The summed E-state index contributed by atoms with van der Waals surface area (Å²) in [5.74, 6) is -0.177. The highest BCUT2D eigenvalue weighted by Gasteiger charge is 2.31. The zero-order valence-electron chi connectivity index (χ0n) is 16.6. The Balaban J connectivity index is 1.52. The Morgan fingerprint density at radius 2 is 1.77 bits per heavy atom. The normalized spacial score (nSPS) is 16.8. The van der Waals surface area contributed by atoms with Crippen LogP contribution in [0.5, 0.6) is 0 Å². The summed E-state index contributed by atoms with van der Waals surface area (Å²) >= 11 is 1.44. The van der Waals surface area contributed by atoms with Gasteiger partial charge in [0, 0.05) is 16.4 Å². The van der Waals surface area contributed by atoms with E-state index in [2.05, 4.69) is 4.98 Å². The fourth-order valence-electron chi connectivity index (χ4n) is 3.54. The number of aromatic nitrogens is 1. The molecule has 0 amide bonds. The molecule has 1 unspecified atom stereocenters. The number of aryl methyl sites for hydroxylation is 2. The molecule has 0 N–H and O–H groups in total. The van der Waals surface area contributed by atoms with E-state index in [9.17, 15) is 21.6 Å². The molecule has 4 nitrogen and oxygen atoms in total. The van der Waals surface area contributed by atoms with Crippen molar-refractivity contribution in [1.82, 2.24) is 4.98 Å². The topological polar surface area (TPSA) is 56.3 Å². The molecule has 1 aliphatic carbocycles. The van der Waals surface area contributed by atoms with Crippen LogP contribution in [0.3, 0.4) is 0 Å². The lowest BCUT2D eigenvalue weighted by Crippen LogP contribution is -2.17.